The minimum atomic E-state index is -0.391. The molecule has 0 rings (SSSR count). The third-order valence-corrected chi connectivity index (χ3v) is 2.06. The smallest absolute Gasteiger partial charge is 0.325 e. The summed E-state index contributed by atoms with van der Waals surface area (Å²) in [5.74, 6) is -0.459. The second-order valence-electron chi connectivity index (χ2n) is 3.34. The Morgan fingerprint density at radius 1 is 1.25 bits per heavy atom. The highest BCUT2D eigenvalue weighted by Crippen LogP contribution is 1.98. The molecule has 0 aromatic carbocycles. The first-order chi connectivity index (χ1) is 7.65. The third-order valence-electron chi connectivity index (χ3n) is 2.06. The van der Waals surface area contributed by atoms with E-state index in [4.69, 9.17) is 4.74 Å². The molecular weight excluding hydrogens is 210 g/mol. The van der Waals surface area contributed by atoms with Crippen molar-refractivity contribution >= 4 is 11.9 Å². The van der Waals surface area contributed by atoms with Crippen molar-refractivity contribution in [3.05, 3.63) is 0 Å². The molecule has 0 N–H and O–H groups in total. The molecule has 5 heteroatoms. The van der Waals surface area contributed by atoms with Crippen molar-refractivity contribution in [1.29, 1.82) is 0 Å². The molecule has 16 heavy (non-hydrogen) atoms. The first-order valence-corrected chi connectivity index (χ1v) is 5.58. The number of methoxy groups -OCH3 is 1. The van der Waals surface area contributed by atoms with E-state index in [2.05, 4.69) is 4.74 Å². The fourth-order valence-corrected chi connectivity index (χ4v) is 1.24. The fourth-order valence-electron chi connectivity index (χ4n) is 1.24. The van der Waals surface area contributed by atoms with E-state index in [-0.39, 0.29) is 12.5 Å². The fraction of sp³-hybridized carbons (Fsp3) is 0.818. The van der Waals surface area contributed by atoms with Crippen LogP contribution in [0.2, 0.25) is 0 Å². The van der Waals surface area contributed by atoms with E-state index in [1.807, 2.05) is 13.8 Å². The van der Waals surface area contributed by atoms with Crippen molar-refractivity contribution < 1.29 is 19.1 Å². The number of hydrogen-bond donors (Lipinski definition) is 0. The zero-order chi connectivity index (χ0) is 12.4. The standard InChI is InChI=1S/C11H21NO4/c1-4-7-12(9-11(14)15-3)10(13)6-8-16-5-2/h4-9H2,1-3H3. The van der Waals surface area contributed by atoms with E-state index in [0.717, 1.165) is 6.42 Å². The number of nitrogens with zero attached hydrogens (tertiary/aromatic N) is 1. The van der Waals surface area contributed by atoms with Gasteiger partial charge in [-0.1, -0.05) is 6.92 Å². The Bertz CT molecular complexity index is 218. The summed E-state index contributed by atoms with van der Waals surface area (Å²) in [6.07, 6.45) is 1.13. The number of esters is 1. The van der Waals surface area contributed by atoms with Crippen LogP contribution in [0.5, 0.6) is 0 Å². The number of carbonyl (C=O) groups excluding carboxylic acids is 2. The first kappa shape index (κ1) is 14.9. The van der Waals surface area contributed by atoms with Gasteiger partial charge >= 0.3 is 5.97 Å². The number of rotatable bonds is 8. The zero-order valence-corrected chi connectivity index (χ0v) is 10.3. The summed E-state index contributed by atoms with van der Waals surface area (Å²) >= 11 is 0. The van der Waals surface area contributed by atoms with Gasteiger partial charge in [0.15, 0.2) is 0 Å². The highest BCUT2D eigenvalue weighted by atomic mass is 16.5. The predicted octanol–water partition coefficient (Wildman–Crippen LogP) is 0.825. The molecule has 5 nitrogen and oxygen atoms in total. The van der Waals surface area contributed by atoms with Gasteiger partial charge in [-0.25, -0.2) is 0 Å². The van der Waals surface area contributed by atoms with Crippen molar-refractivity contribution in [3.63, 3.8) is 0 Å². The van der Waals surface area contributed by atoms with Gasteiger partial charge in [0.1, 0.15) is 6.54 Å². The van der Waals surface area contributed by atoms with Crippen LogP contribution in [0.15, 0.2) is 0 Å². The molecule has 0 heterocycles. The molecule has 0 unspecified atom stereocenters. The lowest BCUT2D eigenvalue weighted by molar-refractivity contribution is -0.147. The van der Waals surface area contributed by atoms with Crippen LogP contribution < -0.4 is 0 Å². The van der Waals surface area contributed by atoms with Gasteiger partial charge in [0, 0.05) is 13.2 Å². The van der Waals surface area contributed by atoms with Crippen molar-refractivity contribution in [2.45, 2.75) is 26.7 Å². The van der Waals surface area contributed by atoms with Gasteiger partial charge in [-0.05, 0) is 13.3 Å². The lowest BCUT2D eigenvalue weighted by atomic mass is 10.3. The van der Waals surface area contributed by atoms with E-state index in [0.29, 0.717) is 26.2 Å². The molecule has 0 radical (unpaired) electrons. The zero-order valence-electron chi connectivity index (χ0n) is 10.3. The van der Waals surface area contributed by atoms with Crippen LogP contribution in [0, 0.1) is 0 Å². The van der Waals surface area contributed by atoms with Crippen LogP contribution in [-0.2, 0) is 19.1 Å². The molecule has 0 aromatic heterocycles. The molecule has 1 amide bonds. The van der Waals surface area contributed by atoms with Gasteiger partial charge in [-0.3, -0.25) is 9.59 Å². The molecular formula is C11H21NO4. The van der Waals surface area contributed by atoms with E-state index in [9.17, 15) is 9.59 Å². The molecule has 0 aliphatic rings. The summed E-state index contributed by atoms with van der Waals surface area (Å²) < 4.78 is 9.64. The maximum Gasteiger partial charge on any atom is 0.325 e. The minimum Gasteiger partial charge on any atom is -0.468 e. The third kappa shape index (κ3) is 6.40. The Balaban J connectivity index is 4.07. The molecule has 0 aliphatic heterocycles. The molecule has 0 spiro atoms. The second-order valence-corrected chi connectivity index (χ2v) is 3.34. The molecule has 0 atom stereocenters. The van der Waals surface area contributed by atoms with Crippen LogP contribution in [-0.4, -0.2) is 50.2 Å². The van der Waals surface area contributed by atoms with E-state index in [1.165, 1.54) is 12.0 Å². The highest BCUT2D eigenvalue weighted by Gasteiger charge is 2.16. The highest BCUT2D eigenvalue weighted by molar-refractivity contribution is 5.82. The molecule has 94 valence electrons. The minimum absolute atomic E-state index is 0.0231. The predicted molar refractivity (Wildman–Crippen MR) is 60.0 cm³/mol. The Hall–Kier alpha value is -1.10. The van der Waals surface area contributed by atoms with Gasteiger partial charge in [0.05, 0.1) is 20.1 Å². The van der Waals surface area contributed by atoms with E-state index < -0.39 is 5.97 Å². The summed E-state index contributed by atoms with van der Waals surface area (Å²) in [5, 5.41) is 0. The lowest BCUT2D eigenvalue weighted by Gasteiger charge is -2.20. The summed E-state index contributed by atoms with van der Waals surface area (Å²) in [5.41, 5.74) is 0. The van der Waals surface area contributed by atoms with Gasteiger partial charge in [-0.15, -0.1) is 0 Å². The average molecular weight is 231 g/mol. The maximum absolute atomic E-state index is 11.7. The maximum atomic E-state index is 11.7. The summed E-state index contributed by atoms with van der Waals surface area (Å²) in [6, 6.07) is 0. The van der Waals surface area contributed by atoms with Gasteiger partial charge in [0.2, 0.25) is 5.91 Å². The number of ether oxygens (including phenoxy) is 2. The van der Waals surface area contributed by atoms with Crippen LogP contribution in [0.25, 0.3) is 0 Å². The molecule has 0 bridgehead atoms. The first-order valence-electron chi connectivity index (χ1n) is 5.58. The quantitative estimate of drug-likeness (QED) is 0.458. The molecule has 0 aliphatic carbocycles. The van der Waals surface area contributed by atoms with Crippen molar-refractivity contribution in [2.24, 2.45) is 0 Å². The number of amides is 1. The Morgan fingerprint density at radius 2 is 1.94 bits per heavy atom. The molecule has 0 saturated heterocycles. The SMILES string of the molecule is CCCN(CC(=O)OC)C(=O)CCOCC. The monoisotopic (exact) mass is 231 g/mol. The van der Waals surface area contributed by atoms with E-state index in [1.54, 1.807) is 0 Å². The number of hydrogen-bond acceptors (Lipinski definition) is 4. The Labute approximate surface area is 96.7 Å². The summed E-state index contributed by atoms with van der Waals surface area (Å²) in [4.78, 5) is 24.3. The Morgan fingerprint density at radius 3 is 2.44 bits per heavy atom. The van der Waals surface area contributed by atoms with Crippen LogP contribution in [0.4, 0.5) is 0 Å². The van der Waals surface area contributed by atoms with Crippen molar-refractivity contribution in [1.82, 2.24) is 4.90 Å². The van der Waals surface area contributed by atoms with Crippen molar-refractivity contribution in [2.75, 3.05) is 33.4 Å². The number of carbonyl (C=O) groups is 2. The normalized spacial score (nSPS) is 9.94. The topological polar surface area (TPSA) is 55.8 Å². The second kappa shape index (κ2) is 9.15. The summed E-state index contributed by atoms with van der Waals surface area (Å²) in [6.45, 7) is 5.42. The van der Waals surface area contributed by atoms with Crippen LogP contribution in [0.1, 0.15) is 26.7 Å². The van der Waals surface area contributed by atoms with E-state index >= 15 is 0 Å². The largest absolute Gasteiger partial charge is 0.468 e. The lowest BCUT2D eigenvalue weighted by Crippen LogP contribution is -2.37. The van der Waals surface area contributed by atoms with Crippen LogP contribution >= 0.6 is 0 Å². The Kier molecular flexibility index (Phi) is 8.52. The van der Waals surface area contributed by atoms with Gasteiger partial charge in [0.25, 0.3) is 0 Å². The van der Waals surface area contributed by atoms with Crippen molar-refractivity contribution in [3.8, 4) is 0 Å². The van der Waals surface area contributed by atoms with Gasteiger partial charge in [-0.2, -0.15) is 0 Å². The van der Waals surface area contributed by atoms with Gasteiger partial charge < -0.3 is 14.4 Å². The average Bonchev–Trinajstić information content (AvgIpc) is 2.28. The van der Waals surface area contributed by atoms with Crippen LogP contribution in [0.3, 0.4) is 0 Å². The molecule has 0 aromatic rings. The summed E-state index contributed by atoms with van der Waals surface area (Å²) in [7, 11) is 1.32. The molecule has 0 fully saturated rings. The molecule has 0 saturated carbocycles.